The zero-order valence-corrected chi connectivity index (χ0v) is 33.9. The monoisotopic (exact) mass is 780 g/mol. The van der Waals surface area contributed by atoms with Gasteiger partial charge in [-0.05, 0) is 128 Å². The number of aldehydes is 1. The van der Waals surface area contributed by atoms with Crippen molar-refractivity contribution < 1.29 is 29.4 Å². The maximum atomic E-state index is 13.8. The lowest BCUT2D eigenvalue weighted by atomic mass is 9.50. The quantitative estimate of drug-likeness (QED) is 0.101. The van der Waals surface area contributed by atoms with Crippen molar-refractivity contribution in [1.82, 2.24) is 19.9 Å². The molecule has 12 heteroatoms. The maximum Gasteiger partial charge on any atom is 0.303 e. The number of hydrogen-bond acceptors (Lipinski definition) is 7. The number of nitrogens with zero attached hydrogens (tertiary/aromatic N) is 3. The van der Waals surface area contributed by atoms with Crippen LogP contribution in [0.15, 0.2) is 42.0 Å². The number of fused-ring (bicyclic) bond motifs is 11. The van der Waals surface area contributed by atoms with Crippen molar-refractivity contribution in [3.8, 4) is 0 Å². The first-order chi connectivity index (χ1) is 27.6. The van der Waals surface area contributed by atoms with E-state index in [2.05, 4.69) is 54.7 Å². The van der Waals surface area contributed by atoms with Gasteiger partial charge < -0.3 is 30.8 Å². The number of carboxylic acid groups (broad SMARTS) is 2. The van der Waals surface area contributed by atoms with Crippen LogP contribution in [0.3, 0.4) is 0 Å². The highest BCUT2D eigenvalue weighted by atomic mass is 16.4. The van der Waals surface area contributed by atoms with Crippen LogP contribution >= 0.6 is 0 Å². The molecule has 12 nitrogen and oxygen atoms in total. The molecule has 298 valence electrons. The number of primary amides is 1. The summed E-state index contributed by atoms with van der Waals surface area (Å²) in [4.78, 5) is 70.4. The third-order valence-corrected chi connectivity index (χ3v) is 13.5. The number of carbonyl (C=O) groups is 4. The van der Waals surface area contributed by atoms with Crippen LogP contribution in [0.2, 0.25) is 0 Å². The second-order valence-electron chi connectivity index (χ2n) is 16.2. The van der Waals surface area contributed by atoms with E-state index >= 15 is 0 Å². The fourth-order valence-corrected chi connectivity index (χ4v) is 10.7. The zero-order chi connectivity index (χ0) is 41.6. The van der Waals surface area contributed by atoms with Gasteiger partial charge in [0.05, 0.1) is 39.6 Å². The summed E-state index contributed by atoms with van der Waals surface area (Å²) in [6.45, 7) is 12.4. The number of benzene rings is 1. The van der Waals surface area contributed by atoms with Crippen molar-refractivity contribution in [3.63, 3.8) is 0 Å². The van der Waals surface area contributed by atoms with Crippen LogP contribution in [0.5, 0.6) is 0 Å². The Morgan fingerprint density at radius 3 is 2.19 bits per heavy atom. The molecule has 1 amide bonds. The SMILES string of the molecule is CCc1c(C)c2cc3nc4c(c5nc(cc6[nH]c(cc1[nH]2)c(C)c6CCC(=O)O)C(CCC(=O)O)=C5C)C=C(C(N)=O)C1N(C)c2ccc(C=O)cc2[C@@]3(CC)[C@]41C. The second-order valence-corrected chi connectivity index (χ2v) is 16.2. The summed E-state index contributed by atoms with van der Waals surface area (Å²) in [6, 6.07) is 11.2. The van der Waals surface area contributed by atoms with Gasteiger partial charge in [-0.1, -0.05) is 20.8 Å². The van der Waals surface area contributed by atoms with E-state index < -0.39 is 34.7 Å². The lowest BCUT2D eigenvalue weighted by molar-refractivity contribution is -0.137. The number of H-pyrrole nitrogens is 2. The number of anilines is 1. The number of aliphatic carboxylic acids is 2. The van der Waals surface area contributed by atoms with Crippen molar-refractivity contribution >= 4 is 69.1 Å². The molecule has 4 aliphatic rings. The summed E-state index contributed by atoms with van der Waals surface area (Å²) >= 11 is 0. The molecule has 3 aromatic heterocycles. The molecule has 3 aliphatic heterocycles. The Balaban J connectivity index is 1.62. The minimum absolute atomic E-state index is 0.0770. The van der Waals surface area contributed by atoms with Gasteiger partial charge in [0.2, 0.25) is 5.91 Å². The molecule has 3 atom stereocenters. The first-order valence-corrected chi connectivity index (χ1v) is 19.9. The van der Waals surface area contributed by atoms with Crippen molar-refractivity contribution in [2.45, 2.75) is 96.9 Å². The standard InChI is InChI=1S/C46H48N6O6/c1-8-26-22(3)33-20-38-46(9-2)31-16-25(21-53)10-13-37(31)52(7)43-30(44(47)58)17-29(42(51-38)45(43,46)6)41-24(5)28(12-15-40(56)57)36(50-41)19-35-27(11-14-39(54)55)23(4)32(48-35)18-34(26)49-33/h10,13,16-21,43,48-49H,8-9,11-12,14-15H2,1-7H3,(H2,47,58)(H,54,55)(H,56,57)/t43?,45-,46-/m1/s1. The summed E-state index contributed by atoms with van der Waals surface area (Å²) in [7, 11) is 1.95. The smallest absolute Gasteiger partial charge is 0.303 e. The largest absolute Gasteiger partial charge is 0.481 e. The van der Waals surface area contributed by atoms with E-state index in [0.29, 0.717) is 40.0 Å². The zero-order valence-electron chi connectivity index (χ0n) is 33.9. The van der Waals surface area contributed by atoms with Gasteiger partial charge in [0.1, 0.15) is 6.29 Å². The van der Waals surface area contributed by atoms with Gasteiger partial charge in [0, 0.05) is 64.3 Å². The summed E-state index contributed by atoms with van der Waals surface area (Å²) in [5.41, 5.74) is 19.2. The molecule has 8 bridgehead atoms. The topological polar surface area (TPSA) is 195 Å². The van der Waals surface area contributed by atoms with Gasteiger partial charge >= 0.3 is 11.9 Å². The fourth-order valence-electron chi connectivity index (χ4n) is 10.7. The highest BCUT2D eigenvalue weighted by Crippen LogP contribution is 2.64. The first-order valence-electron chi connectivity index (χ1n) is 19.9. The van der Waals surface area contributed by atoms with Gasteiger partial charge in [-0.2, -0.15) is 0 Å². The molecule has 0 saturated carbocycles. The number of amides is 1. The number of aromatic amines is 2. The van der Waals surface area contributed by atoms with Crippen molar-refractivity contribution in [3.05, 3.63) is 104 Å². The van der Waals surface area contributed by atoms with Crippen LogP contribution in [0.1, 0.15) is 120 Å². The Hall–Kier alpha value is -6.30. The number of likely N-dealkylation sites (N-methyl/N-ethyl adjacent to an activating group) is 1. The lowest BCUT2D eigenvalue weighted by Gasteiger charge is -2.58. The lowest BCUT2D eigenvalue weighted by Crippen LogP contribution is -2.64. The number of rotatable bonds is 10. The summed E-state index contributed by atoms with van der Waals surface area (Å²) in [5, 5.41) is 19.6. The third kappa shape index (κ3) is 5.33. The Morgan fingerprint density at radius 2 is 1.55 bits per heavy atom. The second kappa shape index (κ2) is 13.7. The molecule has 1 aliphatic carbocycles. The Bertz CT molecular complexity index is 2750. The third-order valence-electron chi connectivity index (χ3n) is 13.5. The molecule has 8 rings (SSSR count). The average Bonchev–Trinajstić information content (AvgIpc) is 3.84. The van der Waals surface area contributed by atoms with E-state index in [1.54, 1.807) is 6.07 Å². The summed E-state index contributed by atoms with van der Waals surface area (Å²) in [6.07, 6.45) is 4.22. The van der Waals surface area contributed by atoms with E-state index in [9.17, 15) is 29.4 Å². The average molecular weight is 781 g/mol. The van der Waals surface area contributed by atoms with Crippen LogP contribution in [0.4, 0.5) is 5.69 Å². The maximum absolute atomic E-state index is 13.8. The number of nitrogens with one attached hydrogen (secondary N) is 2. The first kappa shape index (κ1) is 38.6. The Morgan fingerprint density at radius 1 is 0.897 bits per heavy atom. The molecule has 4 aromatic rings. The van der Waals surface area contributed by atoms with Gasteiger partial charge in [0.15, 0.2) is 0 Å². The van der Waals surface area contributed by atoms with Crippen LogP contribution in [-0.4, -0.2) is 67.4 Å². The number of aryl methyl sites for hydroxylation is 4. The van der Waals surface area contributed by atoms with E-state index in [0.717, 1.165) is 85.3 Å². The van der Waals surface area contributed by atoms with Gasteiger partial charge in [-0.25, -0.2) is 4.98 Å². The Labute approximate surface area is 335 Å². The van der Waals surface area contributed by atoms with E-state index in [1.807, 2.05) is 45.2 Å². The van der Waals surface area contributed by atoms with Crippen LogP contribution in [0, 0.1) is 13.8 Å². The van der Waals surface area contributed by atoms with Crippen molar-refractivity contribution in [1.29, 1.82) is 0 Å². The van der Waals surface area contributed by atoms with Gasteiger partial charge in [-0.3, -0.25) is 24.2 Å². The molecular formula is C46H48N6O6. The predicted molar refractivity (Wildman–Crippen MR) is 225 cm³/mol. The van der Waals surface area contributed by atoms with Crippen molar-refractivity contribution in [2.75, 3.05) is 11.9 Å². The number of carboxylic acids is 2. The van der Waals surface area contributed by atoms with E-state index in [-0.39, 0.29) is 25.7 Å². The molecule has 0 spiro atoms. The molecule has 6 N–H and O–H groups in total. The number of allylic oxidation sites excluding steroid dienone is 2. The Kier molecular flexibility index (Phi) is 9.09. The number of nitrogens with two attached hydrogens (primary N) is 1. The summed E-state index contributed by atoms with van der Waals surface area (Å²) < 4.78 is 0. The molecule has 1 unspecified atom stereocenters. The number of carbonyl (C=O) groups excluding carboxylic acids is 2. The highest BCUT2D eigenvalue weighted by molar-refractivity contribution is 6.04. The molecule has 0 saturated heterocycles. The molecular weight excluding hydrogens is 733 g/mol. The van der Waals surface area contributed by atoms with Crippen LogP contribution < -0.4 is 10.6 Å². The highest BCUT2D eigenvalue weighted by Gasteiger charge is 2.66. The van der Waals surface area contributed by atoms with Gasteiger partial charge in [0.25, 0.3) is 0 Å². The minimum Gasteiger partial charge on any atom is -0.481 e. The van der Waals surface area contributed by atoms with Crippen LogP contribution in [-0.2, 0) is 38.1 Å². The molecule has 0 fully saturated rings. The van der Waals surface area contributed by atoms with Gasteiger partial charge in [-0.15, -0.1) is 0 Å². The predicted octanol–water partition coefficient (Wildman–Crippen LogP) is 7.47. The van der Waals surface area contributed by atoms with E-state index in [4.69, 9.17) is 15.7 Å². The normalized spacial score (nSPS) is 20.5. The molecule has 58 heavy (non-hydrogen) atoms. The van der Waals surface area contributed by atoms with E-state index in [1.165, 1.54) is 0 Å². The number of aromatic nitrogens is 4. The fraction of sp³-hybridized carbons (Fsp3) is 0.348. The minimum atomic E-state index is -0.953. The summed E-state index contributed by atoms with van der Waals surface area (Å²) in [5.74, 6) is -2.45. The molecule has 0 radical (unpaired) electrons. The van der Waals surface area contributed by atoms with Crippen LogP contribution in [0.25, 0.3) is 39.3 Å². The molecule has 6 heterocycles. The molecule has 1 aromatic carbocycles. The van der Waals surface area contributed by atoms with Crippen molar-refractivity contribution in [2.24, 2.45) is 5.73 Å². The number of hydrogen-bond donors (Lipinski definition) is 5.